The first-order chi connectivity index (χ1) is 9.18. The van der Waals surface area contributed by atoms with E-state index in [9.17, 15) is 15.0 Å². The summed E-state index contributed by atoms with van der Waals surface area (Å²) in [6, 6.07) is -0.150. The summed E-state index contributed by atoms with van der Waals surface area (Å²) in [5, 5.41) is 24.7. The number of carbonyl (C=O) groups is 1. The fourth-order valence-electron chi connectivity index (χ4n) is 3.07. The molecule has 0 aromatic heterocycles. The maximum absolute atomic E-state index is 12.0. The summed E-state index contributed by atoms with van der Waals surface area (Å²) in [7, 11) is 0. The molecule has 118 valence electrons. The molecule has 4 N–H and O–H groups in total. The highest BCUT2D eigenvalue weighted by Crippen LogP contribution is 2.37. The third-order valence-corrected chi connectivity index (χ3v) is 4.32. The van der Waals surface area contributed by atoms with Gasteiger partial charge in [-0.3, -0.25) is 0 Å². The zero-order valence-corrected chi connectivity index (χ0v) is 13.2. The largest absolute Gasteiger partial charge is 0.396 e. The van der Waals surface area contributed by atoms with Gasteiger partial charge in [-0.2, -0.15) is 0 Å². The Morgan fingerprint density at radius 3 is 2.70 bits per heavy atom. The predicted molar refractivity (Wildman–Crippen MR) is 79.4 cm³/mol. The van der Waals surface area contributed by atoms with Crippen LogP contribution in [0, 0.1) is 10.8 Å². The lowest BCUT2D eigenvalue weighted by molar-refractivity contribution is 0.117. The van der Waals surface area contributed by atoms with Crippen LogP contribution in [0.4, 0.5) is 4.79 Å². The van der Waals surface area contributed by atoms with Crippen molar-refractivity contribution in [1.29, 1.82) is 0 Å². The van der Waals surface area contributed by atoms with E-state index in [1.807, 2.05) is 20.8 Å². The van der Waals surface area contributed by atoms with E-state index in [1.54, 1.807) is 6.92 Å². The smallest absolute Gasteiger partial charge is 0.315 e. The zero-order valence-electron chi connectivity index (χ0n) is 13.2. The number of aliphatic hydroxyl groups is 2. The number of nitrogens with one attached hydrogen (secondary N) is 2. The minimum atomic E-state index is -0.373. The Bertz CT molecular complexity index is 331. The molecule has 0 bridgehead atoms. The van der Waals surface area contributed by atoms with Gasteiger partial charge < -0.3 is 20.8 Å². The number of rotatable bonds is 6. The van der Waals surface area contributed by atoms with Gasteiger partial charge in [0.1, 0.15) is 0 Å². The summed E-state index contributed by atoms with van der Waals surface area (Å²) in [6.45, 7) is 8.44. The second-order valence-electron chi connectivity index (χ2n) is 7.30. The van der Waals surface area contributed by atoms with Crippen LogP contribution in [-0.2, 0) is 0 Å². The van der Waals surface area contributed by atoms with Crippen LogP contribution in [0.15, 0.2) is 0 Å². The summed E-state index contributed by atoms with van der Waals surface area (Å²) >= 11 is 0. The van der Waals surface area contributed by atoms with Crippen LogP contribution in [0.2, 0.25) is 0 Å². The number of amides is 2. The van der Waals surface area contributed by atoms with Crippen molar-refractivity contribution < 1.29 is 15.0 Å². The molecule has 0 aromatic carbocycles. The molecule has 0 aromatic rings. The van der Waals surface area contributed by atoms with Crippen molar-refractivity contribution in [2.45, 2.75) is 65.5 Å². The molecular weight excluding hydrogens is 256 g/mol. The molecule has 2 amide bonds. The van der Waals surface area contributed by atoms with Gasteiger partial charge in [-0.15, -0.1) is 0 Å². The van der Waals surface area contributed by atoms with Crippen LogP contribution in [0.5, 0.6) is 0 Å². The third kappa shape index (κ3) is 4.94. The summed E-state index contributed by atoms with van der Waals surface area (Å²) in [5.41, 5.74) is -0.339. The van der Waals surface area contributed by atoms with Crippen LogP contribution in [0.1, 0.15) is 53.4 Å². The van der Waals surface area contributed by atoms with Gasteiger partial charge >= 0.3 is 6.03 Å². The lowest BCUT2D eigenvalue weighted by Crippen LogP contribution is -2.50. The van der Waals surface area contributed by atoms with Crippen LogP contribution in [0.25, 0.3) is 0 Å². The van der Waals surface area contributed by atoms with Gasteiger partial charge in [0.15, 0.2) is 0 Å². The molecule has 1 aliphatic carbocycles. The monoisotopic (exact) mass is 286 g/mol. The van der Waals surface area contributed by atoms with E-state index in [-0.39, 0.29) is 35.6 Å². The second kappa shape index (κ2) is 6.76. The first kappa shape index (κ1) is 17.2. The Kier molecular flexibility index (Phi) is 5.83. The van der Waals surface area contributed by atoms with Crippen molar-refractivity contribution in [1.82, 2.24) is 10.6 Å². The molecule has 5 nitrogen and oxygen atoms in total. The van der Waals surface area contributed by atoms with Crippen LogP contribution in [-0.4, -0.2) is 41.5 Å². The molecular formula is C15H30N2O3. The molecule has 0 radical (unpaired) electrons. The Balaban J connectivity index is 2.41. The first-order valence-electron chi connectivity index (χ1n) is 7.52. The Hall–Kier alpha value is -0.810. The number of carbonyl (C=O) groups excluding carboxylic acids is 1. The van der Waals surface area contributed by atoms with Gasteiger partial charge in [-0.25, -0.2) is 4.79 Å². The van der Waals surface area contributed by atoms with E-state index in [0.717, 1.165) is 19.3 Å². The van der Waals surface area contributed by atoms with Crippen molar-refractivity contribution in [2.24, 2.45) is 10.8 Å². The van der Waals surface area contributed by atoms with Gasteiger partial charge in [0.05, 0.1) is 12.7 Å². The molecule has 3 atom stereocenters. The topological polar surface area (TPSA) is 81.6 Å². The minimum absolute atomic E-state index is 0.0346. The minimum Gasteiger partial charge on any atom is -0.396 e. The Labute approximate surface area is 122 Å². The summed E-state index contributed by atoms with van der Waals surface area (Å²) < 4.78 is 0. The number of aliphatic hydroxyl groups excluding tert-OH is 2. The van der Waals surface area contributed by atoms with Gasteiger partial charge in [0.25, 0.3) is 0 Å². The van der Waals surface area contributed by atoms with E-state index in [1.165, 1.54) is 0 Å². The summed E-state index contributed by atoms with van der Waals surface area (Å²) in [5.74, 6) is 0. The van der Waals surface area contributed by atoms with Crippen molar-refractivity contribution in [3.8, 4) is 0 Å². The average molecular weight is 286 g/mol. The van der Waals surface area contributed by atoms with Gasteiger partial charge in [-0.05, 0) is 31.6 Å². The van der Waals surface area contributed by atoms with Crippen LogP contribution in [0.3, 0.4) is 0 Å². The summed E-state index contributed by atoms with van der Waals surface area (Å²) in [4.78, 5) is 12.0. The highest BCUT2D eigenvalue weighted by atomic mass is 16.3. The molecule has 0 heterocycles. The maximum atomic E-state index is 12.0. The second-order valence-corrected chi connectivity index (χ2v) is 7.30. The predicted octanol–water partition coefficient (Wildman–Crippen LogP) is 1.63. The molecule has 1 fully saturated rings. The van der Waals surface area contributed by atoms with Crippen LogP contribution >= 0.6 is 0 Å². The fourth-order valence-corrected chi connectivity index (χ4v) is 3.07. The fraction of sp³-hybridized carbons (Fsp3) is 0.933. The lowest BCUT2D eigenvalue weighted by atomic mass is 9.86. The van der Waals surface area contributed by atoms with E-state index >= 15 is 0 Å². The third-order valence-electron chi connectivity index (χ3n) is 4.32. The molecule has 0 saturated heterocycles. The van der Waals surface area contributed by atoms with E-state index in [0.29, 0.717) is 13.0 Å². The normalized spacial score (nSPS) is 28.2. The Morgan fingerprint density at radius 1 is 1.50 bits per heavy atom. The van der Waals surface area contributed by atoms with Gasteiger partial charge in [0.2, 0.25) is 0 Å². The van der Waals surface area contributed by atoms with E-state index < -0.39 is 0 Å². The van der Waals surface area contributed by atoms with Crippen LogP contribution < -0.4 is 10.6 Å². The average Bonchev–Trinajstić information content (AvgIpc) is 2.68. The maximum Gasteiger partial charge on any atom is 0.315 e. The first-order valence-corrected chi connectivity index (χ1v) is 7.52. The Morgan fingerprint density at radius 2 is 2.15 bits per heavy atom. The van der Waals surface area contributed by atoms with Crippen molar-refractivity contribution >= 4 is 6.03 Å². The zero-order chi connectivity index (χ0) is 15.4. The van der Waals surface area contributed by atoms with E-state index in [2.05, 4.69) is 10.6 Å². The van der Waals surface area contributed by atoms with Crippen molar-refractivity contribution in [2.75, 3.05) is 13.2 Å². The molecule has 1 saturated carbocycles. The van der Waals surface area contributed by atoms with E-state index in [4.69, 9.17) is 0 Å². The molecule has 1 rings (SSSR count). The molecule has 5 heteroatoms. The lowest BCUT2D eigenvalue weighted by Gasteiger charge is -2.31. The molecule has 0 aliphatic heterocycles. The standard InChI is InChI=1S/C15H30N2O3/c1-11(19)8-14(2,3)9-16-13(20)17-12-6-5-7-15(12,4)10-18/h11-12,18-19H,5-10H2,1-4H3,(H2,16,17,20). The molecule has 3 unspecified atom stereocenters. The van der Waals surface area contributed by atoms with Gasteiger partial charge in [-0.1, -0.05) is 27.2 Å². The number of hydrogen-bond donors (Lipinski definition) is 4. The number of hydrogen-bond acceptors (Lipinski definition) is 3. The molecule has 0 spiro atoms. The SMILES string of the molecule is CC(O)CC(C)(C)CNC(=O)NC1CCCC1(C)CO. The van der Waals surface area contributed by atoms with Crippen molar-refractivity contribution in [3.63, 3.8) is 0 Å². The molecule has 20 heavy (non-hydrogen) atoms. The van der Waals surface area contributed by atoms with Gasteiger partial charge in [0, 0.05) is 18.0 Å². The molecule has 1 aliphatic rings. The summed E-state index contributed by atoms with van der Waals surface area (Å²) in [6.07, 6.45) is 3.17. The van der Waals surface area contributed by atoms with Crippen molar-refractivity contribution in [3.05, 3.63) is 0 Å². The quantitative estimate of drug-likeness (QED) is 0.599. The number of urea groups is 1. The highest BCUT2D eigenvalue weighted by molar-refractivity contribution is 5.74. The highest BCUT2D eigenvalue weighted by Gasteiger charge is 2.39.